The van der Waals surface area contributed by atoms with Gasteiger partial charge in [0.15, 0.2) is 0 Å². The van der Waals surface area contributed by atoms with E-state index < -0.39 is 0 Å². The molecule has 0 spiro atoms. The van der Waals surface area contributed by atoms with Crippen molar-refractivity contribution in [3.05, 3.63) is 28.0 Å². The van der Waals surface area contributed by atoms with E-state index in [1.54, 1.807) is 6.92 Å². The highest BCUT2D eigenvalue weighted by molar-refractivity contribution is 6.34. The van der Waals surface area contributed by atoms with Gasteiger partial charge in [-0.1, -0.05) is 23.2 Å². The van der Waals surface area contributed by atoms with Gasteiger partial charge in [-0.2, -0.15) is 0 Å². The van der Waals surface area contributed by atoms with Crippen molar-refractivity contribution in [2.45, 2.75) is 13.0 Å². The van der Waals surface area contributed by atoms with Crippen LogP contribution in [0.5, 0.6) is 0 Å². The minimum absolute atomic E-state index is 0.0464. The average Bonchev–Trinajstić information content (AvgIpc) is 2.17. The van der Waals surface area contributed by atoms with E-state index in [4.69, 9.17) is 28.3 Å². The molecule has 0 saturated carbocycles. The standard InChI is InChI=1S/C9H10Cl2N2O2/c1-5(4-14)12-9(15)6-2-3-7(10)13-8(6)11/h2-3,5,14H,4H2,1H3,(H,12,15)/t5-/m1/s1. The van der Waals surface area contributed by atoms with Crippen LogP contribution >= 0.6 is 23.2 Å². The number of hydrogen-bond donors (Lipinski definition) is 2. The van der Waals surface area contributed by atoms with Gasteiger partial charge in [-0.05, 0) is 19.1 Å². The number of aliphatic hydroxyl groups excluding tert-OH is 1. The number of nitrogens with zero attached hydrogens (tertiary/aromatic N) is 1. The summed E-state index contributed by atoms with van der Waals surface area (Å²) < 4.78 is 0. The zero-order chi connectivity index (χ0) is 11.4. The third-order valence-corrected chi connectivity index (χ3v) is 2.21. The first kappa shape index (κ1) is 12.2. The fraction of sp³-hybridized carbons (Fsp3) is 0.333. The van der Waals surface area contributed by atoms with Crippen molar-refractivity contribution in [3.63, 3.8) is 0 Å². The maximum atomic E-state index is 11.6. The number of rotatable bonds is 3. The van der Waals surface area contributed by atoms with Crippen LogP contribution in [0.1, 0.15) is 17.3 Å². The first-order valence-electron chi connectivity index (χ1n) is 4.28. The van der Waals surface area contributed by atoms with Crippen LogP contribution in [-0.4, -0.2) is 28.6 Å². The second-order valence-electron chi connectivity index (χ2n) is 3.03. The van der Waals surface area contributed by atoms with Crippen LogP contribution in [-0.2, 0) is 0 Å². The largest absolute Gasteiger partial charge is 0.394 e. The highest BCUT2D eigenvalue weighted by atomic mass is 35.5. The molecule has 1 aromatic rings. The molecule has 0 aliphatic rings. The lowest BCUT2D eigenvalue weighted by molar-refractivity contribution is 0.0922. The summed E-state index contributed by atoms with van der Waals surface area (Å²) >= 11 is 11.3. The van der Waals surface area contributed by atoms with Gasteiger partial charge in [-0.15, -0.1) is 0 Å². The highest BCUT2D eigenvalue weighted by Crippen LogP contribution is 2.16. The van der Waals surface area contributed by atoms with Crippen LogP contribution in [0, 0.1) is 0 Å². The number of carbonyl (C=O) groups is 1. The lowest BCUT2D eigenvalue weighted by Gasteiger charge is -2.11. The minimum Gasteiger partial charge on any atom is -0.394 e. The molecule has 0 saturated heterocycles. The van der Waals surface area contributed by atoms with Crippen molar-refractivity contribution < 1.29 is 9.90 Å². The Morgan fingerprint density at radius 2 is 2.27 bits per heavy atom. The zero-order valence-electron chi connectivity index (χ0n) is 8.00. The summed E-state index contributed by atoms with van der Waals surface area (Å²) in [6.45, 7) is 1.54. The Morgan fingerprint density at radius 3 is 2.80 bits per heavy atom. The molecular formula is C9H10Cl2N2O2. The van der Waals surface area contributed by atoms with Crippen molar-refractivity contribution in [2.75, 3.05) is 6.61 Å². The number of aromatic nitrogens is 1. The van der Waals surface area contributed by atoms with Gasteiger partial charge in [-0.3, -0.25) is 4.79 Å². The topological polar surface area (TPSA) is 62.2 Å². The molecule has 0 unspecified atom stereocenters. The van der Waals surface area contributed by atoms with Crippen molar-refractivity contribution in [1.29, 1.82) is 0 Å². The molecule has 2 N–H and O–H groups in total. The Bertz CT molecular complexity index is 371. The summed E-state index contributed by atoms with van der Waals surface area (Å²) in [6, 6.07) is 2.63. The molecule has 0 aliphatic carbocycles. The molecule has 0 aromatic carbocycles. The second kappa shape index (κ2) is 5.30. The van der Waals surface area contributed by atoms with Crippen molar-refractivity contribution in [1.82, 2.24) is 10.3 Å². The average molecular weight is 249 g/mol. The number of pyridine rings is 1. The zero-order valence-corrected chi connectivity index (χ0v) is 9.51. The minimum atomic E-state index is -0.384. The Morgan fingerprint density at radius 1 is 1.60 bits per heavy atom. The maximum Gasteiger partial charge on any atom is 0.254 e. The predicted octanol–water partition coefficient (Wildman–Crippen LogP) is 1.50. The first-order chi connectivity index (χ1) is 7.04. The molecule has 82 valence electrons. The number of halogens is 2. The number of hydrogen-bond acceptors (Lipinski definition) is 3. The molecule has 1 amide bonds. The van der Waals surface area contributed by atoms with Gasteiger partial charge in [0.25, 0.3) is 5.91 Å². The predicted molar refractivity (Wildman–Crippen MR) is 58.3 cm³/mol. The summed E-state index contributed by atoms with van der Waals surface area (Å²) in [4.78, 5) is 15.3. The molecular weight excluding hydrogens is 239 g/mol. The number of carbonyl (C=O) groups excluding carboxylic acids is 1. The molecule has 0 radical (unpaired) electrons. The quantitative estimate of drug-likeness (QED) is 0.798. The van der Waals surface area contributed by atoms with E-state index in [-0.39, 0.29) is 34.4 Å². The van der Waals surface area contributed by atoms with Gasteiger partial charge in [0, 0.05) is 6.04 Å². The molecule has 1 rings (SSSR count). The fourth-order valence-corrected chi connectivity index (χ4v) is 1.36. The molecule has 1 heterocycles. The monoisotopic (exact) mass is 248 g/mol. The van der Waals surface area contributed by atoms with E-state index in [2.05, 4.69) is 10.3 Å². The molecule has 1 aromatic heterocycles. The maximum absolute atomic E-state index is 11.6. The lowest BCUT2D eigenvalue weighted by Crippen LogP contribution is -2.35. The van der Waals surface area contributed by atoms with Crippen LogP contribution in [0.4, 0.5) is 0 Å². The van der Waals surface area contributed by atoms with Crippen molar-refractivity contribution in [3.8, 4) is 0 Å². The van der Waals surface area contributed by atoms with E-state index in [1.807, 2.05) is 0 Å². The summed E-state index contributed by atoms with van der Waals surface area (Å²) in [5, 5.41) is 11.6. The normalized spacial score (nSPS) is 12.3. The third-order valence-electron chi connectivity index (χ3n) is 1.71. The van der Waals surface area contributed by atoms with E-state index in [9.17, 15) is 4.79 Å². The van der Waals surface area contributed by atoms with Gasteiger partial charge in [0.1, 0.15) is 10.3 Å². The summed E-state index contributed by atoms with van der Waals surface area (Å²) in [5.41, 5.74) is 0.237. The van der Waals surface area contributed by atoms with E-state index in [1.165, 1.54) is 12.1 Å². The highest BCUT2D eigenvalue weighted by Gasteiger charge is 2.13. The molecule has 0 aliphatic heterocycles. The SMILES string of the molecule is C[C@H](CO)NC(=O)c1ccc(Cl)nc1Cl. The Balaban J connectivity index is 2.82. The smallest absolute Gasteiger partial charge is 0.254 e. The van der Waals surface area contributed by atoms with Gasteiger partial charge in [0.2, 0.25) is 0 Å². The molecule has 6 heteroatoms. The first-order valence-corrected chi connectivity index (χ1v) is 5.04. The summed E-state index contributed by atoms with van der Waals surface area (Å²) in [7, 11) is 0. The Hall–Kier alpha value is -0.840. The second-order valence-corrected chi connectivity index (χ2v) is 3.77. The van der Waals surface area contributed by atoms with Crippen LogP contribution < -0.4 is 5.32 Å². The van der Waals surface area contributed by atoms with Gasteiger partial charge < -0.3 is 10.4 Å². The number of nitrogens with one attached hydrogen (secondary N) is 1. The fourth-order valence-electron chi connectivity index (χ4n) is 0.929. The van der Waals surface area contributed by atoms with Gasteiger partial charge >= 0.3 is 0 Å². The van der Waals surface area contributed by atoms with Crippen LogP contribution in [0.3, 0.4) is 0 Å². The summed E-state index contributed by atoms with van der Waals surface area (Å²) in [5.74, 6) is -0.384. The van der Waals surface area contributed by atoms with Crippen molar-refractivity contribution >= 4 is 29.1 Å². The molecule has 0 bridgehead atoms. The van der Waals surface area contributed by atoms with Gasteiger partial charge in [-0.25, -0.2) is 4.98 Å². The molecule has 15 heavy (non-hydrogen) atoms. The van der Waals surface area contributed by atoms with Crippen LogP contribution in [0.15, 0.2) is 12.1 Å². The van der Waals surface area contributed by atoms with E-state index in [0.29, 0.717) is 0 Å². The van der Waals surface area contributed by atoms with E-state index in [0.717, 1.165) is 0 Å². The Kier molecular flexibility index (Phi) is 4.32. The number of aliphatic hydroxyl groups is 1. The number of amides is 1. The lowest BCUT2D eigenvalue weighted by atomic mass is 10.2. The van der Waals surface area contributed by atoms with Crippen LogP contribution in [0.25, 0.3) is 0 Å². The molecule has 4 nitrogen and oxygen atoms in total. The Labute approximate surface area is 97.2 Å². The van der Waals surface area contributed by atoms with Crippen LogP contribution in [0.2, 0.25) is 10.3 Å². The molecule has 0 fully saturated rings. The van der Waals surface area contributed by atoms with E-state index >= 15 is 0 Å². The van der Waals surface area contributed by atoms with Crippen molar-refractivity contribution in [2.24, 2.45) is 0 Å². The van der Waals surface area contributed by atoms with Gasteiger partial charge in [0.05, 0.1) is 12.2 Å². The summed E-state index contributed by atoms with van der Waals surface area (Å²) in [6.07, 6.45) is 0. The third kappa shape index (κ3) is 3.34. The molecule has 1 atom stereocenters.